The van der Waals surface area contributed by atoms with Crippen molar-refractivity contribution in [3.63, 3.8) is 0 Å². The normalized spacial score (nSPS) is 11.1. The number of carbonyl (C=O) groups is 1. The van der Waals surface area contributed by atoms with E-state index in [1.54, 1.807) is 20.8 Å². The van der Waals surface area contributed by atoms with E-state index >= 15 is 0 Å². The Hall–Kier alpha value is -1.13. The Labute approximate surface area is 90.0 Å². The summed E-state index contributed by atoms with van der Waals surface area (Å²) in [7, 11) is 0. The lowest BCUT2D eigenvalue weighted by atomic mass is 9.87. The topological polar surface area (TPSA) is 69.4 Å². The van der Waals surface area contributed by atoms with E-state index in [2.05, 4.69) is 0 Å². The van der Waals surface area contributed by atoms with E-state index in [9.17, 15) is 14.9 Å². The lowest BCUT2D eigenvalue weighted by Crippen LogP contribution is -2.26. The molecule has 0 rings (SSSR count). The summed E-state index contributed by atoms with van der Waals surface area (Å²) in [5, 5.41) is 10.1. The molecule has 0 spiro atoms. The van der Waals surface area contributed by atoms with E-state index < -0.39 is 5.41 Å². The van der Waals surface area contributed by atoms with Crippen LogP contribution in [-0.4, -0.2) is 24.0 Å². The first-order valence-electron chi connectivity index (χ1n) is 5.19. The number of ether oxygens (including phenoxy) is 1. The van der Waals surface area contributed by atoms with Gasteiger partial charge >= 0.3 is 5.97 Å². The van der Waals surface area contributed by atoms with Crippen LogP contribution in [0.2, 0.25) is 0 Å². The molecule has 0 radical (unpaired) electrons. The molecule has 0 saturated carbocycles. The molecule has 0 atom stereocenters. The summed E-state index contributed by atoms with van der Waals surface area (Å²) in [6.07, 6.45) is 1.81. The molecule has 15 heavy (non-hydrogen) atoms. The summed E-state index contributed by atoms with van der Waals surface area (Å²) >= 11 is 0. The van der Waals surface area contributed by atoms with E-state index in [1.165, 1.54) is 0 Å². The van der Waals surface area contributed by atoms with Crippen molar-refractivity contribution in [2.75, 3.05) is 13.2 Å². The van der Waals surface area contributed by atoms with Crippen molar-refractivity contribution in [2.45, 2.75) is 40.0 Å². The van der Waals surface area contributed by atoms with Gasteiger partial charge in [0.25, 0.3) is 0 Å². The van der Waals surface area contributed by atoms with Gasteiger partial charge in [-0.3, -0.25) is 14.9 Å². The summed E-state index contributed by atoms with van der Waals surface area (Å²) in [4.78, 5) is 21.2. The summed E-state index contributed by atoms with van der Waals surface area (Å²) < 4.78 is 4.91. The van der Waals surface area contributed by atoms with Gasteiger partial charge in [0.05, 0.1) is 12.0 Å². The van der Waals surface area contributed by atoms with Crippen LogP contribution in [0.1, 0.15) is 40.0 Å². The first-order chi connectivity index (χ1) is 6.90. The number of nitro groups is 1. The second-order valence-electron chi connectivity index (χ2n) is 4.12. The number of rotatable bonds is 7. The highest BCUT2D eigenvalue weighted by Crippen LogP contribution is 2.24. The second kappa shape index (κ2) is 6.37. The van der Waals surface area contributed by atoms with Crippen molar-refractivity contribution in [1.82, 2.24) is 0 Å². The van der Waals surface area contributed by atoms with Crippen molar-refractivity contribution in [2.24, 2.45) is 5.41 Å². The van der Waals surface area contributed by atoms with E-state index in [-0.39, 0.29) is 17.4 Å². The molecule has 0 fully saturated rings. The smallest absolute Gasteiger partial charge is 0.311 e. The van der Waals surface area contributed by atoms with Crippen molar-refractivity contribution >= 4 is 5.97 Å². The predicted molar refractivity (Wildman–Crippen MR) is 56.1 cm³/mol. The molecule has 0 aromatic carbocycles. The predicted octanol–water partition coefficient (Wildman–Crippen LogP) is 2.02. The maximum atomic E-state index is 11.4. The molecular formula is C10H19NO4. The van der Waals surface area contributed by atoms with Crippen molar-refractivity contribution in [1.29, 1.82) is 0 Å². The highest BCUT2D eigenvalue weighted by molar-refractivity contribution is 5.75. The SMILES string of the molecule is CCOC(=O)C(C)(C)CCCC[N+](=O)[O-]. The fourth-order valence-electron chi connectivity index (χ4n) is 1.24. The number of carbonyl (C=O) groups excluding carboxylic acids is 1. The molecular weight excluding hydrogens is 198 g/mol. The van der Waals surface area contributed by atoms with Crippen LogP contribution in [0.4, 0.5) is 0 Å². The molecule has 0 aromatic heterocycles. The minimum absolute atomic E-state index is 0.0289. The zero-order valence-corrected chi connectivity index (χ0v) is 9.62. The van der Waals surface area contributed by atoms with E-state index in [4.69, 9.17) is 4.74 Å². The molecule has 0 aliphatic heterocycles. The standard InChI is InChI=1S/C10H19NO4/c1-4-15-9(12)10(2,3)7-5-6-8-11(13)14/h4-8H2,1-3H3. The van der Waals surface area contributed by atoms with Crippen LogP contribution in [0.15, 0.2) is 0 Å². The third kappa shape index (κ3) is 6.04. The Morgan fingerprint density at radius 3 is 2.47 bits per heavy atom. The molecule has 0 aliphatic carbocycles. The van der Waals surface area contributed by atoms with Gasteiger partial charge in [-0.15, -0.1) is 0 Å². The lowest BCUT2D eigenvalue weighted by Gasteiger charge is -2.21. The van der Waals surface area contributed by atoms with Gasteiger partial charge in [-0.1, -0.05) is 0 Å². The average Bonchev–Trinajstić information content (AvgIpc) is 2.12. The lowest BCUT2D eigenvalue weighted by molar-refractivity contribution is -0.480. The van der Waals surface area contributed by atoms with Gasteiger partial charge in [-0.25, -0.2) is 0 Å². The quantitative estimate of drug-likeness (QED) is 0.283. The Morgan fingerprint density at radius 2 is 2.00 bits per heavy atom. The molecule has 0 unspecified atom stereocenters. The van der Waals surface area contributed by atoms with Crippen molar-refractivity contribution < 1.29 is 14.5 Å². The van der Waals surface area contributed by atoms with Crippen LogP contribution < -0.4 is 0 Å². The minimum atomic E-state index is -0.535. The van der Waals surface area contributed by atoms with E-state index in [0.29, 0.717) is 25.9 Å². The van der Waals surface area contributed by atoms with Gasteiger partial charge < -0.3 is 4.74 Å². The molecule has 0 aliphatic rings. The van der Waals surface area contributed by atoms with Crippen LogP contribution >= 0.6 is 0 Å². The first kappa shape index (κ1) is 13.9. The summed E-state index contributed by atoms with van der Waals surface area (Å²) in [5.41, 5.74) is -0.535. The molecule has 0 saturated heterocycles. The number of hydrogen-bond acceptors (Lipinski definition) is 4. The van der Waals surface area contributed by atoms with E-state index in [0.717, 1.165) is 0 Å². The Balaban J connectivity index is 3.82. The van der Waals surface area contributed by atoms with Crippen molar-refractivity contribution in [3.05, 3.63) is 10.1 Å². The van der Waals surface area contributed by atoms with Crippen molar-refractivity contribution in [3.8, 4) is 0 Å². The van der Waals surface area contributed by atoms with E-state index in [1.807, 2.05) is 0 Å². The summed E-state index contributed by atoms with van der Waals surface area (Å²) in [5.74, 6) is -0.230. The molecule has 0 amide bonds. The fraction of sp³-hybridized carbons (Fsp3) is 0.900. The van der Waals surface area contributed by atoms with Gasteiger partial charge in [-0.2, -0.15) is 0 Å². The molecule has 88 valence electrons. The summed E-state index contributed by atoms with van der Waals surface area (Å²) in [6.45, 7) is 5.71. The van der Waals surface area contributed by atoms with Gasteiger partial charge in [-0.05, 0) is 33.6 Å². The molecule has 0 N–H and O–H groups in total. The third-order valence-electron chi connectivity index (χ3n) is 2.22. The third-order valence-corrected chi connectivity index (χ3v) is 2.22. The van der Waals surface area contributed by atoms with Crippen LogP contribution in [-0.2, 0) is 9.53 Å². The van der Waals surface area contributed by atoms with Crippen LogP contribution in [0, 0.1) is 15.5 Å². The molecule has 0 bridgehead atoms. The van der Waals surface area contributed by atoms with Gasteiger partial charge in [0.2, 0.25) is 6.54 Å². The summed E-state index contributed by atoms with van der Waals surface area (Å²) in [6, 6.07) is 0. The first-order valence-corrected chi connectivity index (χ1v) is 5.19. The average molecular weight is 217 g/mol. The zero-order chi connectivity index (χ0) is 11.9. The molecule has 5 nitrogen and oxygen atoms in total. The maximum absolute atomic E-state index is 11.4. The minimum Gasteiger partial charge on any atom is -0.466 e. The fourth-order valence-corrected chi connectivity index (χ4v) is 1.24. The van der Waals surface area contributed by atoms with Gasteiger partial charge in [0.15, 0.2) is 0 Å². The second-order valence-corrected chi connectivity index (χ2v) is 4.12. The highest BCUT2D eigenvalue weighted by atomic mass is 16.6. The molecule has 0 heterocycles. The van der Waals surface area contributed by atoms with Crippen LogP contribution in [0.25, 0.3) is 0 Å². The molecule has 0 aromatic rings. The molecule has 5 heteroatoms. The number of esters is 1. The van der Waals surface area contributed by atoms with Crippen LogP contribution in [0.3, 0.4) is 0 Å². The van der Waals surface area contributed by atoms with Crippen LogP contribution in [0.5, 0.6) is 0 Å². The largest absolute Gasteiger partial charge is 0.466 e. The number of hydrogen-bond donors (Lipinski definition) is 0. The Kier molecular flexibility index (Phi) is 5.89. The van der Waals surface area contributed by atoms with Gasteiger partial charge in [0.1, 0.15) is 0 Å². The maximum Gasteiger partial charge on any atom is 0.311 e. The highest BCUT2D eigenvalue weighted by Gasteiger charge is 2.28. The zero-order valence-electron chi connectivity index (χ0n) is 9.62. The Morgan fingerprint density at radius 1 is 1.40 bits per heavy atom. The van der Waals surface area contributed by atoms with Gasteiger partial charge in [0, 0.05) is 11.3 Å². The Bertz CT molecular complexity index is 225. The monoisotopic (exact) mass is 217 g/mol. The number of nitrogens with zero attached hydrogens (tertiary/aromatic N) is 1. The number of unbranched alkanes of at least 4 members (excludes halogenated alkanes) is 1.